The summed E-state index contributed by atoms with van der Waals surface area (Å²) in [6.45, 7) is 1.05. The van der Waals surface area contributed by atoms with Gasteiger partial charge in [-0.05, 0) is 24.1 Å². The molecule has 3 heterocycles. The number of fused-ring (bicyclic) bond motifs is 1. The van der Waals surface area contributed by atoms with Gasteiger partial charge in [0.05, 0.1) is 13.0 Å². The van der Waals surface area contributed by atoms with Crippen LogP contribution < -0.4 is 0 Å². The Morgan fingerprint density at radius 1 is 1.57 bits per heavy atom. The molecule has 21 heavy (non-hydrogen) atoms. The van der Waals surface area contributed by atoms with Crippen LogP contribution in [0.15, 0.2) is 24.5 Å². The number of H-pyrrole nitrogens is 1. The number of carbonyl (C=O) groups is 2. The van der Waals surface area contributed by atoms with Crippen molar-refractivity contribution in [2.45, 2.75) is 12.8 Å². The van der Waals surface area contributed by atoms with Gasteiger partial charge in [0.1, 0.15) is 5.65 Å². The number of ether oxygens (including phenoxy) is 1. The predicted molar refractivity (Wildman–Crippen MR) is 76.5 cm³/mol. The fourth-order valence-electron chi connectivity index (χ4n) is 2.70. The number of hydrogen-bond acceptors (Lipinski definition) is 4. The Hall–Kier alpha value is -2.37. The number of aromatic nitrogens is 2. The number of methoxy groups -OCH3 is 1. The quantitative estimate of drug-likeness (QED) is 0.855. The zero-order valence-electron chi connectivity index (χ0n) is 11.8. The van der Waals surface area contributed by atoms with Crippen molar-refractivity contribution in [1.82, 2.24) is 14.9 Å². The van der Waals surface area contributed by atoms with Gasteiger partial charge in [0, 0.05) is 37.3 Å². The number of likely N-dealkylation sites (tertiary alicyclic amines) is 1. The van der Waals surface area contributed by atoms with Crippen molar-refractivity contribution in [1.29, 1.82) is 0 Å². The number of nitrogens with one attached hydrogen (secondary N) is 1. The van der Waals surface area contributed by atoms with E-state index in [0.29, 0.717) is 13.1 Å². The first-order chi connectivity index (χ1) is 10.2. The van der Waals surface area contributed by atoms with Crippen LogP contribution in [-0.2, 0) is 20.7 Å². The zero-order valence-corrected chi connectivity index (χ0v) is 11.8. The average Bonchev–Trinajstić information content (AvgIpc) is 3.10. The smallest absolute Gasteiger partial charge is 0.310 e. The van der Waals surface area contributed by atoms with E-state index in [2.05, 4.69) is 16.0 Å². The van der Waals surface area contributed by atoms with E-state index in [1.807, 2.05) is 18.5 Å². The van der Waals surface area contributed by atoms with E-state index in [1.54, 1.807) is 4.90 Å². The summed E-state index contributed by atoms with van der Waals surface area (Å²) in [5, 5.41) is 1.06. The molecule has 1 saturated heterocycles. The predicted octanol–water partition coefficient (Wildman–Crippen LogP) is 1.13. The van der Waals surface area contributed by atoms with E-state index >= 15 is 0 Å². The van der Waals surface area contributed by atoms with Gasteiger partial charge in [-0.15, -0.1) is 0 Å². The molecule has 1 amide bonds. The number of esters is 1. The van der Waals surface area contributed by atoms with Crippen LogP contribution in [0.5, 0.6) is 0 Å². The van der Waals surface area contributed by atoms with Crippen LogP contribution in [0.25, 0.3) is 11.0 Å². The molecule has 6 heteroatoms. The molecule has 0 radical (unpaired) electrons. The number of amides is 1. The van der Waals surface area contributed by atoms with Crippen LogP contribution in [0.1, 0.15) is 12.0 Å². The van der Waals surface area contributed by atoms with Gasteiger partial charge in [0.25, 0.3) is 0 Å². The average molecular weight is 287 g/mol. The molecule has 3 rings (SSSR count). The fourth-order valence-corrected chi connectivity index (χ4v) is 2.70. The molecule has 110 valence electrons. The third-order valence-corrected chi connectivity index (χ3v) is 3.88. The van der Waals surface area contributed by atoms with E-state index in [1.165, 1.54) is 7.11 Å². The highest BCUT2D eigenvalue weighted by Gasteiger charge is 2.34. The molecule has 1 atom stereocenters. The van der Waals surface area contributed by atoms with E-state index in [9.17, 15) is 9.59 Å². The van der Waals surface area contributed by atoms with Gasteiger partial charge in [-0.25, -0.2) is 4.98 Å². The van der Waals surface area contributed by atoms with Crippen LogP contribution in [-0.4, -0.2) is 46.9 Å². The molecule has 1 aliphatic rings. The lowest BCUT2D eigenvalue weighted by molar-refractivity contribution is -0.145. The molecule has 1 aliphatic heterocycles. The lowest BCUT2D eigenvalue weighted by Crippen LogP contribution is -2.28. The van der Waals surface area contributed by atoms with E-state index in [4.69, 9.17) is 4.74 Å². The Labute approximate surface area is 122 Å². The van der Waals surface area contributed by atoms with Crippen molar-refractivity contribution in [2.24, 2.45) is 5.92 Å². The second-order valence-electron chi connectivity index (χ2n) is 5.27. The molecule has 6 nitrogen and oxygen atoms in total. The van der Waals surface area contributed by atoms with E-state index < -0.39 is 0 Å². The molecule has 2 aromatic rings. The van der Waals surface area contributed by atoms with Gasteiger partial charge >= 0.3 is 5.97 Å². The number of carbonyl (C=O) groups excluding carboxylic acids is 2. The lowest BCUT2D eigenvalue weighted by atomic mass is 10.1. The molecule has 2 aromatic heterocycles. The lowest BCUT2D eigenvalue weighted by Gasteiger charge is -2.16. The summed E-state index contributed by atoms with van der Waals surface area (Å²) < 4.78 is 4.70. The molecule has 0 bridgehead atoms. The summed E-state index contributed by atoms with van der Waals surface area (Å²) in [6.07, 6.45) is 4.65. The van der Waals surface area contributed by atoms with Crippen LogP contribution in [0.3, 0.4) is 0 Å². The molecule has 1 unspecified atom stereocenters. The van der Waals surface area contributed by atoms with Crippen molar-refractivity contribution in [3.8, 4) is 0 Å². The maximum absolute atomic E-state index is 11.9. The van der Waals surface area contributed by atoms with Crippen LogP contribution >= 0.6 is 0 Å². The topological polar surface area (TPSA) is 75.3 Å². The summed E-state index contributed by atoms with van der Waals surface area (Å²) in [6, 6.07) is 4.04. The van der Waals surface area contributed by atoms with Crippen molar-refractivity contribution in [3.63, 3.8) is 0 Å². The van der Waals surface area contributed by atoms with Crippen molar-refractivity contribution in [3.05, 3.63) is 30.1 Å². The van der Waals surface area contributed by atoms with E-state index in [-0.39, 0.29) is 24.2 Å². The highest BCUT2D eigenvalue weighted by atomic mass is 16.5. The normalized spacial score (nSPS) is 18.4. The van der Waals surface area contributed by atoms with Gasteiger partial charge in [-0.3, -0.25) is 9.59 Å². The summed E-state index contributed by atoms with van der Waals surface area (Å²) in [4.78, 5) is 32.5. The zero-order chi connectivity index (χ0) is 14.8. The third-order valence-electron chi connectivity index (χ3n) is 3.88. The minimum Gasteiger partial charge on any atom is -0.469 e. The number of aromatic amines is 1. The number of nitrogens with zero attached hydrogens (tertiary/aromatic N) is 2. The highest BCUT2D eigenvalue weighted by Crippen LogP contribution is 2.20. The molecular formula is C15H17N3O3. The van der Waals surface area contributed by atoms with Crippen LogP contribution in [0, 0.1) is 5.92 Å². The molecular weight excluding hydrogens is 270 g/mol. The first-order valence-electron chi connectivity index (χ1n) is 6.95. The first-order valence-corrected chi connectivity index (χ1v) is 6.95. The van der Waals surface area contributed by atoms with E-state index in [0.717, 1.165) is 23.0 Å². The maximum atomic E-state index is 11.9. The largest absolute Gasteiger partial charge is 0.469 e. The summed E-state index contributed by atoms with van der Waals surface area (Å²) in [5.74, 6) is -0.616. The Bertz CT molecular complexity index is 680. The summed E-state index contributed by atoms with van der Waals surface area (Å²) in [5.41, 5.74) is 1.94. The second-order valence-corrected chi connectivity index (χ2v) is 5.27. The second kappa shape index (κ2) is 5.55. The Morgan fingerprint density at radius 3 is 3.24 bits per heavy atom. The monoisotopic (exact) mass is 287 g/mol. The maximum Gasteiger partial charge on any atom is 0.310 e. The Morgan fingerprint density at radius 2 is 2.43 bits per heavy atom. The summed E-state index contributed by atoms with van der Waals surface area (Å²) in [7, 11) is 1.35. The number of rotatable bonds is 4. The van der Waals surface area contributed by atoms with Gasteiger partial charge in [0.15, 0.2) is 0 Å². The molecule has 0 spiro atoms. The van der Waals surface area contributed by atoms with Gasteiger partial charge in [-0.2, -0.15) is 0 Å². The molecule has 0 saturated carbocycles. The van der Waals surface area contributed by atoms with Crippen molar-refractivity contribution >= 4 is 22.9 Å². The van der Waals surface area contributed by atoms with Crippen molar-refractivity contribution in [2.75, 3.05) is 20.2 Å². The molecule has 0 aromatic carbocycles. The fraction of sp³-hybridized carbons (Fsp3) is 0.400. The van der Waals surface area contributed by atoms with Gasteiger partial charge in [0.2, 0.25) is 5.91 Å². The summed E-state index contributed by atoms with van der Waals surface area (Å²) >= 11 is 0. The van der Waals surface area contributed by atoms with Gasteiger partial charge in [-0.1, -0.05) is 0 Å². The molecule has 1 fully saturated rings. The van der Waals surface area contributed by atoms with Crippen LogP contribution in [0.2, 0.25) is 0 Å². The Balaban J connectivity index is 1.62. The SMILES string of the molecule is COC(=O)C1CC(=O)N(CCc2cnc3[nH]ccc3c2)C1. The van der Waals surface area contributed by atoms with Crippen LogP contribution in [0.4, 0.5) is 0 Å². The highest BCUT2D eigenvalue weighted by molar-refractivity contribution is 5.86. The Kier molecular flexibility index (Phi) is 3.60. The standard InChI is InChI=1S/C15H17N3O3/c1-21-15(20)12-7-13(19)18(9-12)5-3-10-6-11-2-4-16-14(11)17-8-10/h2,4,6,8,12H,3,5,7,9H2,1H3,(H,16,17). The van der Waals surface area contributed by atoms with Gasteiger partial charge < -0.3 is 14.6 Å². The minimum atomic E-state index is -0.326. The molecule has 1 N–H and O–H groups in total. The number of pyridine rings is 1. The number of hydrogen-bond donors (Lipinski definition) is 1. The van der Waals surface area contributed by atoms with Crippen molar-refractivity contribution < 1.29 is 14.3 Å². The first kappa shape index (κ1) is 13.6. The minimum absolute atomic E-state index is 0.0149. The molecule has 0 aliphatic carbocycles. The third kappa shape index (κ3) is 2.74.